The zero-order chi connectivity index (χ0) is 9.47. The van der Waals surface area contributed by atoms with Gasteiger partial charge in [-0.2, -0.15) is 0 Å². The van der Waals surface area contributed by atoms with Gasteiger partial charge in [-0.25, -0.2) is 0 Å². The van der Waals surface area contributed by atoms with Crippen LogP contribution in [0.25, 0.3) is 0 Å². The molecule has 1 heterocycles. The van der Waals surface area contributed by atoms with Gasteiger partial charge >= 0.3 is 0 Å². The topological polar surface area (TPSA) is 9.23 Å². The van der Waals surface area contributed by atoms with Crippen molar-refractivity contribution in [3.8, 4) is 0 Å². The van der Waals surface area contributed by atoms with Gasteiger partial charge in [-0.15, -0.1) is 0 Å². The Morgan fingerprint density at radius 2 is 2.08 bits per heavy atom. The average molecular weight is 178 g/mol. The van der Waals surface area contributed by atoms with Gasteiger partial charge in [-0.3, -0.25) is 0 Å². The summed E-state index contributed by atoms with van der Waals surface area (Å²) >= 11 is 0. The highest BCUT2D eigenvalue weighted by Gasteiger charge is 2.33. The maximum atomic E-state index is 5.61. The van der Waals surface area contributed by atoms with E-state index in [0.717, 1.165) is 19.6 Å². The second-order valence-electron chi connectivity index (χ2n) is 5.06. The van der Waals surface area contributed by atoms with Gasteiger partial charge < -0.3 is 4.74 Å². The Hall–Kier alpha value is -0.560. The number of rotatable bonds is 0. The molecule has 72 valence electrons. The van der Waals surface area contributed by atoms with Gasteiger partial charge in [0.2, 0.25) is 0 Å². The third-order valence-electron chi connectivity index (χ3n) is 3.04. The van der Waals surface area contributed by atoms with Crippen LogP contribution in [-0.2, 0) is 4.74 Å². The minimum atomic E-state index is 0.329. The van der Waals surface area contributed by atoms with E-state index < -0.39 is 0 Å². The largest absolute Gasteiger partial charge is 0.376 e. The molecule has 0 saturated carbocycles. The Labute approximate surface area is 80.5 Å². The summed E-state index contributed by atoms with van der Waals surface area (Å²) in [5, 5.41) is 0. The van der Waals surface area contributed by atoms with E-state index in [1.54, 1.807) is 5.57 Å². The molecule has 13 heavy (non-hydrogen) atoms. The zero-order valence-corrected chi connectivity index (χ0v) is 8.76. The molecule has 1 aliphatic carbocycles. The van der Waals surface area contributed by atoms with E-state index in [2.05, 4.69) is 32.9 Å². The molecule has 0 aromatic heterocycles. The molecule has 1 unspecified atom stereocenters. The highest BCUT2D eigenvalue weighted by atomic mass is 16.5. The molecule has 0 bridgehead atoms. The summed E-state index contributed by atoms with van der Waals surface area (Å²) in [5.41, 5.74) is 3.32. The van der Waals surface area contributed by atoms with Crippen molar-refractivity contribution in [1.82, 2.24) is 0 Å². The summed E-state index contributed by atoms with van der Waals surface area (Å²) in [6, 6.07) is 0. The first-order chi connectivity index (χ1) is 6.09. The fourth-order valence-corrected chi connectivity index (χ4v) is 2.18. The van der Waals surface area contributed by atoms with Crippen molar-refractivity contribution in [3.63, 3.8) is 0 Å². The van der Waals surface area contributed by atoms with Gasteiger partial charge in [0.25, 0.3) is 0 Å². The Morgan fingerprint density at radius 3 is 2.77 bits per heavy atom. The Balaban J connectivity index is 2.25. The lowest BCUT2D eigenvalue weighted by Gasteiger charge is -2.36. The van der Waals surface area contributed by atoms with Gasteiger partial charge in [-0.1, -0.05) is 32.9 Å². The van der Waals surface area contributed by atoms with Crippen LogP contribution >= 0.6 is 0 Å². The number of allylic oxidation sites excluding steroid dienone is 2. The van der Waals surface area contributed by atoms with Crippen LogP contribution in [0.15, 0.2) is 23.3 Å². The van der Waals surface area contributed by atoms with Crippen LogP contribution in [0, 0.1) is 11.3 Å². The molecule has 0 N–H and O–H groups in total. The maximum absolute atomic E-state index is 5.61. The summed E-state index contributed by atoms with van der Waals surface area (Å²) in [6.45, 7) is 8.61. The molecule has 1 aliphatic heterocycles. The molecule has 0 spiro atoms. The Bertz CT molecular complexity index is 265. The average Bonchev–Trinajstić information content (AvgIpc) is 2.48. The molecule has 1 heteroatoms. The molecular weight excluding hydrogens is 160 g/mol. The van der Waals surface area contributed by atoms with Crippen LogP contribution in [0.5, 0.6) is 0 Å². The van der Waals surface area contributed by atoms with Crippen LogP contribution in [0.2, 0.25) is 0 Å². The van der Waals surface area contributed by atoms with Crippen molar-refractivity contribution in [2.75, 3.05) is 13.2 Å². The van der Waals surface area contributed by atoms with E-state index in [-0.39, 0.29) is 0 Å². The third-order valence-corrected chi connectivity index (χ3v) is 3.04. The van der Waals surface area contributed by atoms with Crippen LogP contribution < -0.4 is 0 Å². The minimum Gasteiger partial charge on any atom is -0.376 e. The highest BCUT2D eigenvalue weighted by Crippen LogP contribution is 2.40. The first-order valence-corrected chi connectivity index (χ1v) is 5.06. The van der Waals surface area contributed by atoms with Crippen molar-refractivity contribution >= 4 is 0 Å². The van der Waals surface area contributed by atoms with Crippen molar-refractivity contribution in [1.29, 1.82) is 0 Å². The van der Waals surface area contributed by atoms with Crippen LogP contribution in [-0.4, -0.2) is 13.2 Å². The summed E-state index contributed by atoms with van der Waals surface area (Å²) in [5.74, 6) is 0.593. The molecular formula is C12H18O. The molecule has 0 aromatic carbocycles. The Kier molecular flexibility index (Phi) is 2.07. The van der Waals surface area contributed by atoms with Crippen LogP contribution in [0.3, 0.4) is 0 Å². The number of ether oxygens (including phenoxy) is 1. The zero-order valence-electron chi connectivity index (χ0n) is 8.76. The normalized spacial score (nSPS) is 28.1. The second kappa shape index (κ2) is 2.98. The molecule has 1 atom stereocenters. The second-order valence-corrected chi connectivity index (χ2v) is 5.06. The van der Waals surface area contributed by atoms with Gasteiger partial charge in [0, 0.05) is 5.92 Å². The van der Waals surface area contributed by atoms with Gasteiger partial charge in [0.1, 0.15) is 0 Å². The molecule has 2 rings (SSSR count). The fraction of sp³-hybridized carbons (Fsp3) is 0.667. The smallest absolute Gasteiger partial charge is 0.0716 e. The van der Waals surface area contributed by atoms with E-state index >= 15 is 0 Å². The first kappa shape index (κ1) is 9.01. The summed E-state index contributed by atoms with van der Waals surface area (Å²) in [6.07, 6.45) is 5.78. The standard InChI is InChI=1S/C12H18O/c1-12(2,3)11-8-13-7-9-5-4-6-10(9)11/h5-6,11H,4,7-8H2,1-3H3. The van der Waals surface area contributed by atoms with Crippen molar-refractivity contribution in [2.24, 2.45) is 11.3 Å². The number of fused-ring (bicyclic) bond motifs is 1. The maximum Gasteiger partial charge on any atom is 0.0716 e. The van der Waals surface area contributed by atoms with Gasteiger partial charge in [0.15, 0.2) is 0 Å². The lowest BCUT2D eigenvalue weighted by Crippen LogP contribution is -2.31. The highest BCUT2D eigenvalue weighted by molar-refractivity contribution is 5.41. The summed E-state index contributed by atoms with van der Waals surface area (Å²) in [7, 11) is 0. The SMILES string of the molecule is CC(C)(C)C1COCC2=CCC=C21. The molecule has 2 aliphatic rings. The summed E-state index contributed by atoms with van der Waals surface area (Å²) < 4.78 is 5.61. The number of hydrogen-bond donors (Lipinski definition) is 0. The van der Waals surface area contributed by atoms with Gasteiger partial charge in [0.05, 0.1) is 13.2 Å². The predicted molar refractivity (Wildman–Crippen MR) is 54.5 cm³/mol. The lowest BCUT2D eigenvalue weighted by atomic mass is 9.74. The van der Waals surface area contributed by atoms with Crippen LogP contribution in [0.1, 0.15) is 27.2 Å². The van der Waals surface area contributed by atoms with Crippen molar-refractivity contribution in [3.05, 3.63) is 23.3 Å². The van der Waals surface area contributed by atoms with E-state index in [1.165, 1.54) is 5.57 Å². The lowest BCUT2D eigenvalue weighted by molar-refractivity contribution is 0.0671. The predicted octanol–water partition coefficient (Wildman–Crippen LogP) is 2.94. The van der Waals surface area contributed by atoms with E-state index in [0.29, 0.717) is 11.3 Å². The fourth-order valence-electron chi connectivity index (χ4n) is 2.18. The molecule has 1 nitrogen and oxygen atoms in total. The van der Waals surface area contributed by atoms with E-state index in [1.807, 2.05) is 0 Å². The Morgan fingerprint density at radius 1 is 1.31 bits per heavy atom. The quantitative estimate of drug-likeness (QED) is 0.554. The first-order valence-electron chi connectivity index (χ1n) is 5.06. The minimum absolute atomic E-state index is 0.329. The monoisotopic (exact) mass is 178 g/mol. The van der Waals surface area contributed by atoms with Crippen molar-refractivity contribution in [2.45, 2.75) is 27.2 Å². The molecule has 0 radical (unpaired) electrons. The van der Waals surface area contributed by atoms with Crippen LogP contribution in [0.4, 0.5) is 0 Å². The molecule has 1 saturated heterocycles. The van der Waals surface area contributed by atoms with E-state index in [4.69, 9.17) is 4.74 Å². The van der Waals surface area contributed by atoms with E-state index in [9.17, 15) is 0 Å². The van der Waals surface area contributed by atoms with Gasteiger partial charge in [-0.05, 0) is 23.0 Å². The van der Waals surface area contributed by atoms with Crippen molar-refractivity contribution < 1.29 is 4.74 Å². The molecule has 1 fully saturated rings. The molecule has 0 aromatic rings. The third kappa shape index (κ3) is 1.58. The number of hydrogen-bond acceptors (Lipinski definition) is 1. The summed E-state index contributed by atoms with van der Waals surface area (Å²) in [4.78, 5) is 0. The molecule has 0 amide bonds.